The number of hydrogen-bond acceptors (Lipinski definition) is 8. The number of amides is 1. The van der Waals surface area contributed by atoms with Crippen molar-refractivity contribution >= 4 is 51.6 Å². The van der Waals surface area contributed by atoms with Crippen molar-refractivity contribution in [3.8, 4) is 5.75 Å². The van der Waals surface area contributed by atoms with Crippen LogP contribution in [-0.4, -0.2) is 39.5 Å². The molecule has 0 bridgehead atoms. The van der Waals surface area contributed by atoms with Crippen LogP contribution in [0.4, 0.5) is 5.00 Å². The van der Waals surface area contributed by atoms with Gasteiger partial charge in [0.2, 0.25) is 5.91 Å². The zero-order valence-electron chi connectivity index (χ0n) is 19.3. The maximum atomic E-state index is 12.5. The second-order valence-corrected chi connectivity index (χ2v) is 9.60. The first kappa shape index (κ1) is 25.8. The van der Waals surface area contributed by atoms with Crippen LogP contribution in [0.5, 0.6) is 5.75 Å². The van der Waals surface area contributed by atoms with Crippen LogP contribution < -0.4 is 10.1 Å². The van der Waals surface area contributed by atoms with Crippen molar-refractivity contribution in [2.45, 2.75) is 38.6 Å². The molecule has 2 aromatic heterocycles. The third-order valence-corrected chi connectivity index (χ3v) is 7.19. The minimum absolute atomic E-state index is 0.0819. The van der Waals surface area contributed by atoms with Gasteiger partial charge >= 0.3 is 5.97 Å². The largest absolute Gasteiger partial charge is 0.483 e. The number of rotatable bonds is 10. The minimum Gasteiger partial charge on any atom is -0.483 e. The second-order valence-electron chi connectivity index (χ2n) is 7.36. The highest BCUT2D eigenvalue weighted by molar-refractivity contribution is 7.99. The van der Waals surface area contributed by atoms with Crippen molar-refractivity contribution in [3.05, 3.63) is 63.8 Å². The Morgan fingerprint density at radius 3 is 2.68 bits per heavy atom. The molecule has 0 radical (unpaired) electrons. The molecule has 2 heterocycles. The van der Waals surface area contributed by atoms with E-state index in [0.717, 1.165) is 11.1 Å². The number of anilines is 1. The van der Waals surface area contributed by atoms with Crippen molar-refractivity contribution in [1.82, 2.24) is 14.8 Å². The summed E-state index contributed by atoms with van der Waals surface area (Å²) in [5.74, 6) is 0.604. The van der Waals surface area contributed by atoms with E-state index in [1.165, 1.54) is 30.2 Å². The number of nitrogens with zero attached hydrogens (tertiary/aromatic N) is 3. The number of methoxy groups -OCH3 is 1. The molecule has 3 rings (SSSR count). The molecule has 0 fully saturated rings. The third kappa shape index (κ3) is 5.99. The van der Waals surface area contributed by atoms with Gasteiger partial charge in [0.05, 0.1) is 18.4 Å². The summed E-state index contributed by atoms with van der Waals surface area (Å²) in [6, 6.07) is 5.37. The summed E-state index contributed by atoms with van der Waals surface area (Å²) in [4.78, 5) is 24.3. The lowest BCUT2D eigenvalue weighted by molar-refractivity contribution is -0.113. The summed E-state index contributed by atoms with van der Waals surface area (Å²) in [6.45, 7) is 10.0. The molecule has 1 unspecified atom stereocenters. The number of benzene rings is 1. The normalized spacial score (nSPS) is 11.7. The quantitative estimate of drug-likeness (QED) is 0.215. The number of aryl methyl sites for hydroxylation is 2. The summed E-state index contributed by atoms with van der Waals surface area (Å²) in [6.07, 6.45) is 1.33. The molecule has 1 N–H and O–H groups in total. The van der Waals surface area contributed by atoms with E-state index in [9.17, 15) is 9.59 Å². The van der Waals surface area contributed by atoms with E-state index >= 15 is 0 Å². The fraction of sp³-hybridized carbons (Fsp3) is 0.304. The molecule has 0 saturated heterocycles. The molecule has 0 saturated carbocycles. The van der Waals surface area contributed by atoms with Gasteiger partial charge in [0.25, 0.3) is 0 Å². The summed E-state index contributed by atoms with van der Waals surface area (Å²) < 4.78 is 12.7. The van der Waals surface area contributed by atoms with Crippen LogP contribution in [-0.2, 0) is 16.1 Å². The highest BCUT2D eigenvalue weighted by Gasteiger charge is 2.21. The topological polar surface area (TPSA) is 95.3 Å². The van der Waals surface area contributed by atoms with E-state index in [0.29, 0.717) is 38.9 Å². The predicted octanol–water partition coefficient (Wildman–Crippen LogP) is 5.45. The Kier molecular flexibility index (Phi) is 8.76. The predicted molar refractivity (Wildman–Crippen MR) is 135 cm³/mol. The summed E-state index contributed by atoms with van der Waals surface area (Å²) >= 11 is 8.74. The number of ether oxygens (including phenoxy) is 2. The van der Waals surface area contributed by atoms with Crippen LogP contribution in [0.1, 0.15) is 40.3 Å². The van der Waals surface area contributed by atoms with Gasteiger partial charge in [-0.1, -0.05) is 29.4 Å². The number of esters is 1. The van der Waals surface area contributed by atoms with Crippen LogP contribution in [0.2, 0.25) is 5.02 Å². The smallest absolute Gasteiger partial charge is 0.340 e. The average Bonchev–Trinajstić information content (AvgIpc) is 3.42. The molecular formula is C23H25ClN4O4S2. The molecule has 0 aliphatic carbocycles. The number of thioether (sulfide) groups is 1. The van der Waals surface area contributed by atoms with Crippen molar-refractivity contribution < 1.29 is 19.1 Å². The molecule has 1 atom stereocenters. The number of carbonyl (C=O) groups excluding carboxylic acids is 2. The van der Waals surface area contributed by atoms with E-state index in [2.05, 4.69) is 22.1 Å². The fourth-order valence-electron chi connectivity index (χ4n) is 3.21. The zero-order chi connectivity index (χ0) is 24.8. The molecule has 180 valence electrons. The molecule has 0 aliphatic heterocycles. The van der Waals surface area contributed by atoms with Crippen LogP contribution >= 0.6 is 34.7 Å². The van der Waals surface area contributed by atoms with Gasteiger partial charge in [-0.15, -0.1) is 28.1 Å². The van der Waals surface area contributed by atoms with Gasteiger partial charge < -0.3 is 14.8 Å². The Labute approximate surface area is 211 Å². The lowest BCUT2D eigenvalue weighted by Gasteiger charge is -2.17. The highest BCUT2D eigenvalue weighted by Crippen LogP contribution is 2.30. The Balaban J connectivity index is 1.70. The molecule has 0 aliphatic rings. The van der Waals surface area contributed by atoms with E-state index in [4.69, 9.17) is 21.1 Å². The summed E-state index contributed by atoms with van der Waals surface area (Å²) in [5.41, 5.74) is 2.18. The number of allylic oxidation sites excluding steroid dienone is 1. The van der Waals surface area contributed by atoms with Gasteiger partial charge in [-0.3, -0.25) is 9.36 Å². The van der Waals surface area contributed by atoms with Crippen LogP contribution in [0.25, 0.3) is 0 Å². The first-order valence-electron chi connectivity index (χ1n) is 10.3. The Morgan fingerprint density at radius 1 is 1.32 bits per heavy atom. The molecule has 34 heavy (non-hydrogen) atoms. The fourth-order valence-corrected chi connectivity index (χ4v) is 4.86. The molecule has 0 spiro atoms. The summed E-state index contributed by atoms with van der Waals surface area (Å²) in [5, 5.41) is 14.7. The van der Waals surface area contributed by atoms with Crippen molar-refractivity contribution in [1.29, 1.82) is 0 Å². The van der Waals surface area contributed by atoms with Gasteiger partial charge in [-0.05, 0) is 55.5 Å². The number of aromatic nitrogens is 3. The number of halogens is 1. The number of carbonyl (C=O) groups is 2. The maximum Gasteiger partial charge on any atom is 0.340 e. The molecule has 1 aromatic carbocycles. The van der Waals surface area contributed by atoms with Crippen LogP contribution in [0.3, 0.4) is 0 Å². The number of nitrogens with one attached hydrogen (secondary N) is 1. The van der Waals surface area contributed by atoms with Crippen LogP contribution in [0, 0.1) is 13.8 Å². The van der Waals surface area contributed by atoms with E-state index in [1.54, 1.807) is 17.5 Å². The SMILES string of the molecule is C=CCn1c(SCC(=O)Nc2sccc2C(=O)OC)nnc1C(C)Oc1cc(C)c(Cl)c(C)c1. The Morgan fingerprint density at radius 2 is 2.03 bits per heavy atom. The van der Waals surface area contributed by atoms with Gasteiger partial charge in [-0.25, -0.2) is 4.79 Å². The standard InChI is InChI=1S/C23H25ClN4O4S2/c1-6-8-28-20(15(4)32-16-10-13(2)19(24)14(3)11-16)26-27-23(28)34-12-18(29)25-21-17(7-9-33-21)22(30)31-5/h6-7,9-11,15H,1,8,12H2,2-5H3,(H,25,29). The highest BCUT2D eigenvalue weighted by atomic mass is 35.5. The van der Waals surface area contributed by atoms with Gasteiger partial charge in [0.1, 0.15) is 10.8 Å². The lowest BCUT2D eigenvalue weighted by Crippen LogP contribution is -2.16. The molecule has 8 nitrogen and oxygen atoms in total. The minimum atomic E-state index is -0.500. The van der Waals surface area contributed by atoms with Crippen LogP contribution in [0.15, 0.2) is 41.4 Å². The first-order valence-corrected chi connectivity index (χ1v) is 12.5. The van der Waals surface area contributed by atoms with Crippen molar-refractivity contribution in [2.75, 3.05) is 18.2 Å². The molecule has 1 amide bonds. The Hall–Kier alpha value is -2.82. The van der Waals surface area contributed by atoms with Gasteiger partial charge in [-0.2, -0.15) is 0 Å². The summed E-state index contributed by atoms with van der Waals surface area (Å²) in [7, 11) is 1.30. The monoisotopic (exact) mass is 520 g/mol. The van der Waals surface area contributed by atoms with E-state index in [1.807, 2.05) is 37.5 Å². The first-order chi connectivity index (χ1) is 16.2. The van der Waals surface area contributed by atoms with Gasteiger partial charge in [0.15, 0.2) is 17.1 Å². The number of hydrogen-bond donors (Lipinski definition) is 1. The third-order valence-electron chi connectivity index (χ3n) is 4.80. The average molecular weight is 521 g/mol. The Bertz CT molecular complexity index is 1180. The molecule has 3 aromatic rings. The zero-order valence-corrected chi connectivity index (χ0v) is 21.6. The second kappa shape index (κ2) is 11.5. The maximum absolute atomic E-state index is 12.5. The van der Waals surface area contributed by atoms with Crippen molar-refractivity contribution in [2.24, 2.45) is 0 Å². The van der Waals surface area contributed by atoms with Gasteiger partial charge in [0, 0.05) is 11.6 Å². The number of thiophene rings is 1. The molecule has 11 heteroatoms. The molecular weight excluding hydrogens is 496 g/mol. The van der Waals surface area contributed by atoms with E-state index in [-0.39, 0.29) is 11.7 Å². The van der Waals surface area contributed by atoms with E-state index < -0.39 is 12.1 Å². The lowest BCUT2D eigenvalue weighted by atomic mass is 10.1. The van der Waals surface area contributed by atoms with Crippen molar-refractivity contribution in [3.63, 3.8) is 0 Å².